The average molecular weight is 377 g/mol. The van der Waals surface area contributed by atoms with E-state index in [9.17, 15) is 9.59 Å². The van der Waals surface area contributed by atoms with Gasteiger partial charge in [-0.25, -0.2) is 0 Å². The maximum Gasteiger partial charge on any atom is 0.307 e. The maximum atomic E-state index is 12.5. The van der Waals surface area contributed by atoms with E-state index in [2.05, 4.69) is 6.92 Å². The van der Waals surface area contributed by atoms with Crippen molar-refractivity contribution in [2.45, 2.75) is 33.1 Å². The van der Waals surface area contributed by atoms with Crippen molar-refractivity contribution in [2.75, 3.05) is 40.0 Å². The Morgan fingerprint density at radius 1 is 1.07 bits per heavy atom. The minimum absolute atomic E-state index is 0.137. The van der Waals surface area contributed by atoms with E-state index in [4.69, 9.17) is 14.2 Å². The Bertz CT molecular complexity index is 583. The molecule has 1 rings (SSSR count). The molecule has 0 aliphatic carbocycles. The van der Waals surface area contributed by atoms with Crippen molar-refractivity contribution in [3.8, 4) is 5.75 Å². The molecule has 0 fully saturated rings. The molecular formula is C21H31NO5. The number of hydrogen-bond donors (Lipinski definition) is 0. The van der Waals surface area contributed by atoms with Gasteiger partial charge in [0.15, 0.2) is 0 Å². The highest BCUT2D eigenvalue weighted by Gasteiger charge is 2.13. The molecule has 6 heteroatoms. The number of carbonyl (C=O) groups excluding carboxylic acids is 2. The molecule has 27 heavy (non-hydrogen) atoms. The zero-order valence-electron chi connectivity index (χ0n) is 16.6. The van der Waals surface area contributed by atoms with Gasteiger partial charge in [0.2, 0.25) is 5.91 Å². The second-order valence-electron chi connectivity index (χ2n) is 5.98. The second kappa shape index (κ2) is 13.8. The Morgan fingerprint density at radius 3 is 2.44 bits per heavy atom. The molecule has 0 saturated carbocycles. The van der Waals surface area contributed by atoms with Crippen LogP contribution in [-0.4, -0.2) is 56.8 Å². The highest BCUT2D eigenvalue weighted by Crippen LogP contribution is 2.13. The van der Waals surface area contributed by atoms with Gasteiger partial charge in [-0.15, -0.1) is 0 Å². The number of carbonyl (C=O) groups is 2. The summed E-state index contributed by atoms with van der Waals surface area (Å²) >= 11 is 0. The number of hydrogen-bond acceptors (Lipinski definition) is 5. The fraction of sp³-hybridized carbons (Fsp3) is 0.524. The Labute approximate surface area is 162 Å². The lowest BCUT2D eigenvalue weighted by Gasteiger charge is -2.20. The number of benzene rings is 1. The Balaban J connectivity index is 2.63. The largest absolute Gasteiger partial charge is 0.494 e. The van der Waals surface area contributed by atoms with Crippen molar-refractivity contribution < 1.29 is 23.8 Å². The fourth-order valence-electron chi connectivity index (χ4n) is 2.36. The normalized spacial score (nSPS) is 10.8. The van der Waals surface area contributed by atoms with E-state index in [0.29, 0.717) is 39.3 Å². The number of amides is 1. The summed E-state index contributed by atoms with van der Waals surface area (Å²) in [4.78, 5) is 25.7. The van der Waals surface area contributed by atoms with Crippen molar-refractivity contribution in [2.24, 2.45) is 0 Å². The van der Waals surface area contributed by atoms with Crippen molar-refractivity contribution >= 4 is 18.0 Å². The summed E-state index contributed by atoms with van der Waals surface area (Å²) < 4.78 is 15.5. The SMILES string of the molecule is CCCOc1ccc(/C=C/C(=O)N(CCCOC)CCC(=O)OCC)cc1. The van der Waals surface area contributed by atoms with Crippen LogP contribution in [0.2, 0.25) is 0 Å². The third-order valence-electron chi connectivity index (χ3n) is 3.75. The quantitative estimate of drug-likeness (QED) is 0.300. The summed E-state index contributed by atoms with van der Waals surface area (Å²) in [5, 5.41) is 0. The molecule has 0 unspecified atom stereocenters. The first kappa shape index (κ1) is 22.7. The van der Waals surface area contributed by atoms with Gasteiger partial charge >= 0.3 is 5.97 Å². The highest BCUT2D eigenvalue weighted by molar-refractivity contribution is 5.92. The summed E-state index contributed by atoms with van der Waals surface area (Å²) in [6.07, 6.45) is 5.15. The lowest BCUT2D eigenvalue weighted by molar-refractivity contribution is -0.143. The van der Waals surface area contributed by atoms with E-state index in [1.54, 1.807) is 25.0 Å². The molecule has 1 aromatic rings. The van der Waals surface area contributed by atoms with Crippen molar-refractivity contribution in [3.05, 3.63) is 35.9 Å². The molecular weight excluding hydrogens is 346 g/mol. The fourth-order valence-corrected chi connectivity index (χ4v) is 2.36. The van der Waals surface area contributed by atoms with Crippen LogP contribution < -0.4 is 4.74 Å². The molecule has 1 amide bonds. The predicted molar refractivity (Wildman–Crippen MR) is 106 cm³/mol. The molecule has 1 aromatic carbocycles. The van der Waals surface area contributed by atoms with Crippen molar-refractivity contribution in [3.63, 3.8) is 0 Å². The van der Waals surface area contributed by atoms with Gasteiger partial charge in [0.1, 0.15) is 5.75 Å². The predicted octanol–water partition coefficient (Wildman–Crippen LogP) is 3.31. The second-order valence-corrected chi connectivity index (χ2v) is 5.98. The molecule has 0 spiro atoms. The van der Waals surface area contributed by atoms with Gasteiger partial charge in [-0.2, -0.15) is 0 Å². The van der Waals surface area contributed by atoms with Gasteiger partial charge in [0, 0.05) is 32.9 Å². The van der Waals surface area contributed by atoms with Crippen LogP contribution in [0.15, 0.2) is 30.3 Å². The first-order chi connectivity index (χ1) is 13.1. The Kier molecular flexibility index (Phi) is 11.6. The number of rotatable bonds is 13. The van der Waals surface area contributed by atoms with E-state index >= 15 is 0 Å². The molecule has 0 aromatic heterocycles. The summed E-state index contributed by atoms with van der Waals surface area (Å²) in [5.74, 6) is 0.381. The maximum absolute atomic E-state index is 12.5. The van der Waals surface area contributed by atoms with E-state index in [-0.39, 0.29) is 18.3 Å². The third-order valence-corrected chi connectivity index (χ3v) is 3.75. The van der Waals surface area contributed by atoms with Crippen LogP contribution in [-0.2, 0) is 19.1 Å². The van der Waals surface area contributed by atoms with E-state index in [1.165, 1.54) is 6.08 Å². The van der Waals surface area contributed by atoms with Gasteiger partial charge in [-0.3, -0.25) is 9.59 Å². The van der Waals surface area contributed by atoms with Crippen molar-refractivity contribution in [1.29, 1.82) is 0 Å². The van der Waals surface area contributed by atoms with Gasteiger partial charge in [-0.05, 0) is 43.5 Å². The number of nitrogens with zero attached hydrogens (tertiary/aromatic N) is 1. The molecule has 0 aliphatic heterocycles. The topological polar surface area (TPSA) is 65.1 Å². The zero-order chi connectivity index (χ0) is 19.9. The summed E-state index contributed by atoms with van der Waals surface area (Å²) in [7, 11) is 1.62. The molecule has 0 radical (unpaired) electrons. The minimum Gasteiger partial charge on any atom is -0.494 e. The first-order valence-corrected chi connectivity index (χ1v) is 9.45. The molecule has 0 aliphatic rings. The van der Waals surface area contributed by atoms with Crippen molar-refractivity contribution in [1.82, 2.24) is 4.90 Å². The molecule has 0 atom stereocenters. The van der Waals surface area contributed by atoms with Crippen LogP contribution in [0, 0.1) is 0 Å². The van der Waals surface area contributed by atoms with E-state index in [1.807, 2.05) is 24.3 Å². The molecule has 0 N–H and O–H groups in total. The number of methoxy groups -OCH3 is 1. The average Bonchev–Trinajstić information content (AvgIpc) is 2.68. The van der Waals surface area contributed by atoms with Crippen LogP contribution in [0.3, 0.4) is 0 Å². The lowest BCUT2D eigenvalue weighted by atomic mass is 10.2. The Morgan fingerprint density at radius 2 is 1.81 bits per heavy atom. The standard InChI is InChI=1S/C21H31NO5/c1-4-16-27-19-10-7-18(8-11-19)9-12-20(23)22(14-6-17-25-3)15-13-21(24)26-5-2/h7-12H,4-6,13-17H2,1-3H3/b12-9+. The summed E-state index contributed by atoms with van der Waals surface area (Å²) in [5.41, 5.74) is 0.912. The molecule has 0 bridgehead atoms. The molecule has 0 saturated heterocycles. The third kappa shape index (κ3) is 9.80. The van der Waals surface area contributed by atoms with Crippen LogP contribution >= 0.6 is 0 Å². The molecule has 6 nitrogen and oxygen atoms in total. The zero-order valence-corrected chi connectivity index (χ0v) is 16.6. The lowest BCUT2D eigenvalue weighted by Crippen LogP contribution is -2.33. The number of ether oxygens (including phenoxy) is 3. The van der Waals surface area contributed by atoms with Gasteiger partial charge in [0.25, 0.3) is 0 Å². The minimum atomic E-state index is -0.298. The number of esters is 1. The van der Waals surface area contributed by atoms with Gasteiger partial charge in [-0.1, -0.05) is 19.1 Å². The highest BCUT2D eigenvalue weighted by atomic mass is 16.5. The van der Waals surface area contributed by atoms with E-state index in [0.717, 1.165) is 17.7 Å². The van der Waals surface area contributed by atoms with Crippen LogP contribution in [0.4, 0.5) is 0 Å². The van der Waals surface area contributed by atoms with E-state index < -0.39 is 0 Å². The van der Waals surface area contributed by atoms with Gasteiger partial charge in [0.05, 0.1) is 19.6 Å². The van der Waals surface area contributed by atoms with Gasteiger partial charge < -0.3 is 19.1 Å². The summed E-state index contributed by atoms with van der Waals surface area (Å²) in [6.45, 7) is 6.27. The smallest absolute Gasteiger partial charge is 0.307 e. The molecule has 150 valence electrons. The van der Waals surface area contributed by atoms with Crippen LogP contribution in [0.5, 0.6) is 5.75 Å². The Hall–Kier alpha value is -2.34. The van der Waals surface area contributed by atoms with Crippen LogP contribution in [0.1, 0.15) is 38.7 Å². The first-order valence-electron chi connectivity index (χ1n) is 9.45. The monoisotopic (exact) mass is 377 g/mol. The van der Waals surface area contributed by atoms with Crippen LogP contribution in [0.25, 0.3) is 6.08 Å². The summed E-state index contributed by atoms with van der Waals surface area (Å²) in [6, 6.07) is 7.58. The molecule has 0 heterocycles.